The number of nitrogens with one attached hydrogen (secondary N) is 1. The van der Waals surface area contributed by atoms with E-state index in [1.165, 1.54) is 28.6 Å². The van der Waals surface area contributed by atoms with Crippen LogP contribution in [-0.2, 0) is 13.0 Å². The number of nitrogens with zero attached hydrogens (tertiary/aromatic N) is 2. The molecule has 3 N–H and O–H groups in total. The van der Waals surface area contributed by atoms with Gasteiger partial charge in [0.1, 0.15) is 0 Å². The van der Waals surface area contributed by atoms with Crippen molar-refractivity contribution in [3.8, 4) is 5.75 Å². The fourth-order valence-corrected chi connectivity index (χ4v) is 3.66. The van der Waals surface area contributed by atoms with E-state index in [1.807, 2.05) is 0 Å². The van der Waals surface area contributed by atoms with Crippen molar-refractivity contribution in [1.29, 1.82) is 0 Å². The number of guanidine groups is 1. The minimum Gasteiger partial charge on any atom is -0.404 e. The third-order valence-electron chi connectivity index (χ3n) is 3.96. The van der Waals surface area contributed by atoms with Gasteiger partial charge >= 0.3 is 6.36 Å². The maximum Gasteiger partial charge on any atom is 0.573 e. The lowest BCUT2D eigenvalue weighted by Crippen LogP contribution is -2.32. The van der Waals surface area contributed by atoms with Gasteiger partial charge in [0.2, 0.25) is 0 Å². The van der Waals surface area contributed by atoms with E-state index in [0.717, 1.165) is 26.1 Å². The number of nitrogens with two attached hydrogens (primary N) is 1. The number of thiophene rings is 1. The number of alkyl halides is 3. The molecule has 0 bridgehead atoms. The molecule has 0 amide bonds. The molecule has 27 heavy (non-hydrogen) atoms. The van der Waals surface area contributed by atoms with Gasteiger partial charge in [-0.1, -0.05) is 12.1 Å². The number of benzene rings is 1. The van der Waals surface area contributed by atoms with E-state index in [-0.39, 0.29) is 41.4 Å². The third kappa shape index (κ3) is 6.54. The molecule has 1 aliphatic rings. The lowest BCUT2D eigenvalue weighted by Gasteiger charge is -2.26. The number of ether oxygens (including phenoxy) is 1. The van der Waals surface area contributed by atoms with E-state index >= 15 is 0 Å². The first kappa shape index (κ1) is 21.8. The lowest BCUT2D eigenvalue weighted by atomic mass is 10.1. The lowest BCUT2D eigenvalue weighted by molar-refractivity contribution is -0.274. The van der Waals surface area contributed by atoms with Crippen molar-refractivity contribution in [3.05, 3.63) is 46.2 Å². The number of rotatable bonds is 5. The zero-order chi connectivity index (χ0) is 18.6. The SMILES string of the molecule is I.NC(=NCCN1CCc2sccc2C1)Nc1ccccc1OC(F)(F)F. The van der Waals surface area contributed by atoms with Crippen LogP contribution in [0.15, 0.2) is 40.7 Å². The summed E-state index contributed by atoms with van der Waals surface area (Å²) < 4.78 is 41.3. The maximum atomic E-state index is 12.4. The molecular weight excluding hydrogens is 492 g/mol. The Kier molecular flexibility index (Phi) is 7.74. The van der Waals surface area contributed by atoms with Crippen molar-refractivity contribution in [2.75, 3.05) is 25.0 Å². The molecule has 0 aliphatic carbocycles. The highest BCUT2D eigenvalue weighted by Gasteiger charge is 2.32. The first-order chi connectivity index (χ1) is 12.4. The minimum absolute atomic E-state index is 0. The molecule has 0 fully saturated rings. The fourth-order valence-electron chi connectivity index (χ4n) is 2.77. The Hall–Kier alpha value is -1.53. The summed E-state index contributed by atoms with van der Waals surface area (Å²) in [7, 11) is 0. The van der Waals surface area contributed by atoms with Crippen LogP contribution in [0.4, 0.5) is 18.9 Å². The summed E-state index contributed by atoms with van der Waals surface area (Å²) in [5.41, 5.74) is 7.27. The van der Waals surface area contributed by atoms with Gasteiger partial charge in [-0.25, -0.2) is 0 Å². The normalized spacial score (nSPS) is 15.0. The van der Waals surface area contributed by atoms with Gasteiger partial charge in [-0.3, -0.25) is 9.89 Å². The maximum absolute atomic E-state index is 12.4. The Morgan fingerprint density at radius 3 is 2.85 bits per heavy atom. The highest BCUT2D eigenvalue weighted by atomic mass is 127. The van der Waals surface area contributed by atoms with E-state index in [0.29, 0.717) is 6.54 Å². The molecule has 0 unspecified atom stereocenters. The number of halogens is 4. The van der Waals surface area contributed by atoms with Crippen molar-refractivity contribution < 1.29 is 17.9 Å². The third-order valence-corrected chi connectivity index (χ3v) is 4.98. The molecule has 1 aromatic heterocycles. The molecule has 2 heterocycles. The summed E-state index contributed by atoms with van der Waals surface area (Å²) in [6.07, 6.45) is -3.73. The molecule has 1 aliphatic heterocycles. The molecule has 0 saturated carbocycles. The second-order valence-electron chi connectivity index (χ2n) is 5.83. The highest BCUT2D eigenvalue weighted by molar-refractivity contribution is 14.0. The average molecular weight is 512 g/mol. The molecule has 5 nitrogen and oxygen atoms in total. The number of hydrogen-bond donors (Lipinski definition) is 2. The zero-order valence-electron chi connectivity index (χ0n) is 14.3. The van der Waals surface area contributed by atoms with Crippen LogP contribution in [0.1, 0.15) is 10.4 Å². The van der Waals surface area contributed by atoms with Crippen LogP contribution in [0.5, 0.6) is 5.75 Å². The van der Waals surface area contributed by atoms with E-state index in [1.54, 1.807) is 17.4 Å². The predicted octanol–water partition coefficient (Wildman–Crippen LogP) is 4.05. The number of anilines is 1. The fraction of sp³-hybridized carbons (Fsp3) is 0.353. The monoisotopic (exact) mass is 512 g/mol. The van der Waals surface area contributed by atoms with Gasteiger partial charge in [0.05, 0.1) is 12.2 Å². The molecule has 10 heteroatoms. The van der Waals surface area contributed by atoms with Crippen molar-refractivity contribution in [2.45, 2.75) is 19.3 Å². The first-order valence-electron chi connectivity index (χ1n) is 8.10. The Morgan fingerprint density at radius 2 is 2.07 bits per heavy atom. The number of hydrogen-bond acceptors (Lipinski definition) is 4. The van der Waals surface area contributed by atoms with Crippen LogP contribution in [0.2, 0.25) is 0 Å². The van der Waals surface area contributed by atoms with Crippen molar-refractivity contribution in [1.82, 2.24) is 4.90 Å². The van der Waals surface area contributed by atoms with Crippen molar-refractivity contribution in [3.63, 3.8) is 0 Å². The van der Waals surface area contributed by atoms with Gasteiger partial charge in [-0.05, 0) is 35.6 Å². The van der Waals surface area contributed by atoms with Gasteiger partial charge in [-0.2, -0.15) is 0 Å². The number of para-hydroxylation sites is 2. The Morgan fingerprint density at radius 1 is 1.30 bits per heavy atom. The number of fused-ring (bicyclic) bond motifs is 1. The van der Waals surface area contributed by atoms with E-state index in [2.05, 4.69) is 31.4 Å². The summed E-state index contributed by atoms with van der Waals surface area (Å²) in [5, 5.41) is 4.77. The molecule has 2 aromatic rings. The van der Waals surface area contributed by atoms with Crippen LogP contribution < -0.4 is 15.8 Å². The highest BCUT2D eigenvalue weighted by Crippen LogP contribution is 2.29. The van der Waals surface area contributed by atoms with Gasteiger partial charge in [-0.15, -0.1) is 48.5 Å². The second kappa shape index (κ2) is 9.60. The van der Waals surface area contributed by atoms with E-state index in [9.17, 15) is 13.2 Å². The Bertz CT molecular complexity index is 782. The largest absolute Gasteiger partial charge is 0.573 e. The van der Waals surface area contributed by atoms with Crippen LogP contribution >= 0.6 is 35.3 Å². The minimum atomic E-state index is -4.77. The predicted molar refractivity (Wildman–Crippen MR) is 112 cm³/mol. The van der Waals surface area contributed by atoms with Crippen LogP contribution in [-0.4, -0.2) is 36.9 Å². The summed E-state index contributed by atoms with van der Waals surface area (Å²) in [4.78, 5) is 7.92. The molecular formula is C17H20F3IN4OS. The molecule has 0 saturated heterocycles. The van der Waals surface area contributed by atoms with Crippen LogP contribution in [0.3, 0.4) is 0 Å². The van der Waals surface area contributed by atoms with Crippen LogP contribution in [0.25, 0.3) is 0 Å². The van der Waals surface area contributed by atoms with Crippen LogP contribution in [0, 0.1) is 0 Å². The van der Waals surface area contributed by atoms with E-state index < -0.39 is 6.36 Å². The van der Waals surface area contributed by atoms with Gasteiger partial charge in [0.15, 0.2) is 11.7 Å². The van der Waals surface area contributed by atoms with E-state index in [4.69, 9.17) is 5.73 Å². The summed E-state index contributed by atoms with van der Waals surface area (Å²) in [6, 6.07) is 7.85. The zero-order valence-corrected chi connectivity index (χ0v) is 17.5. The quantitative estimate of drug-likeness (QED) is 0.361. The second-order valence-corrected chi connectivity index (χ2v) is 6.83. The number of aliphatic imine (C=N–C) groups is 1. The summed E-state index contributed by atoms with van der Waals surface area (Å²) in [6.45, 7) is 3.06. The van der Waals surface area contributed by atoms with Gasteiger partial charge < -0.3 is 15.8 Å². The first-order valence-corrected chi connectivity index (χ1v) is 8.98. The molecule has 0 spiro atoms. The Labute approximate surface area is 176 Å². The topological polar surface area (TPSA) is 62.9 Å². The summed E-state index contributed by atoms with van der Waals surface area (Å²) >= 11 is 1.79. The molecule has 148 valence electrons. The molecule has 1 aromatic carbocycles. The molecule has 3 rings (SSSR count). The van der Waals surface area contributed by atoms with Gasteiger partial charge in [0, 0.05) is 24.5 Å². The summed E-state index contributed by atoms with van der Waals surface area (Å²) in [5.74, 6) is -0.296. The molecule has 0 atom stereocenters. The Balaban J connectivity index is 0.00000261. The van der Waals surface area contributed by atoms with Crippen molar-refractivity contribution in [2.24, 2.45) is 10.7 Å². The average Bonchev–Trinajstić information content (AvgIpc) is 3.03. The van der Waals surface area contributed by atoms with Crippen molar-refractivity contribution >= 4 is 47.0 Å². The standard InChI is InChI=1S/C17H19F3N4OS.HI/c18-17(19,20)25-14-4-2-1-3-13(14)23-16(21)22-7-9-24-8-5-15-12(11-24)6-10-26-15;/h1-4,6,10H,5,7-9,11H2,(H3,21,22,23);1H. The van der Waals surface area contributed by atoms with Gasteiger partial charge in [0.25, 0.3) is 0 Å². The smallest absolute Gasteiger partial charge is 0.404 e. The molecule has 0 radical (unpaired) electrons.